The maximum Gasteiger partial charge on any atom is 0.191 e. The zero-order valence-electron chi connectivity index (χ0n) is 13.6. The Morgan fingerprint density at radius 2 is 1.90 bits per heavy atom. The first-order valence-corrected chi connectivity index (χ1v) is 8.05. The summed E-state index contributed by atoms with van der Waals surface area (Å²) in [6.07, 6.45) is 2.93. The van der Waals surface area contributed by atoms with Crippen LogP contribution in [0.5, 0.6) is 0 Å². The standard InChI is InChI=1S/C15H32N4O/c1-5-8-17-15(16-6-2)18-9-7-10-19-11-13(3)20-14(4)12-19/h13-14H,5-12H2,1-4H3,(H2,16,17,18). The van der Waals surface area contributed by atoms with E-state index >= 15 is 0 Å². The van der Waals surface area contributed by atoms with Gasteiger partial charge in [0.1, 0.15) is 0 Å². The van der Waals surface area contributed by atoms with E-state index in [9.17, 15) is 0 Å². The van der Waals surface area contributed by atoms with Crippen molar-refractivity contribution in [3.63, 3.8) is 0 Å². The molecular formula is C15H32N4O. The van der Waals surface area contributed by atoms with Crippen LogP contribution in [0, 0.1) is 0 Å². The maximum atomic E-state index is 5.75. The molecule has 20 heavy (non-hydrogen) atoms. The van der Waals surface area contributed by atoms with Crippen LogP contribution in [0.15, 0.2) is 4.99 Å². The van der Waals surface area contributed by atoms with Crippen LogP contribution in [0.25, 0.3) is 0 Å². The highest BCUT2D eigenvalue weighted by molar-refractivity contribution is 5.79. The summed E-state index contributed by atoms with van der Waals surface area (Å²) in [5.74, 6) is 0.943. The van der Waals surface area contributed by atoms with E-state index in [2.05, 4.69) is 48.2 Å². The molecule has 0 amide bonds. The highest BCUT2D eigenvalue weighted by Gasteiger charge is 2.21. The predicted octanol–water partition coefficient (Wildman–Crippen LogP) is 1.45. The Labute approximate surface area is 124 Å². The third-order valence-corrected chi connectivity index (χ3v) is 3.28. The third kappa shape index (κ3) is 7.10. The van der Waals surface area contributed by atoms with Gasteiger partial charge in [-0.3, -0.25) is 9.89 Å². The van der Waals surface area contributed by atoms with Gasteiger partial charge in [0.05, 0.1) is 12.2 Å². The van der Waals surface area contributed by atoms with Crippen molar-refractivity contribution in [3.8, 4) is 0 Å². The van der Waals surface area contributed by atoms with E-state index in [1.165, 1.54) is 0 Å². The van der Waals surface area contributed by atoms with Gasteiger partial charge in [-0.25, -0.2) is 0 Å². The molecule has 1 saturated heterocycles. The molecule has 5 heteroatoms. The van der Waals surface area contributed by atoms with Crippen LogP contribution in [-0.2, 0) is 4.74 Å². The lowest BCUT2D eigenvalue weighted by molar-refractivity contribution is -0.0679. The quantitative estimate of drug-likeness (QED) is 0.422. The molecule has 5 nitrogen and oxygen atoms in total. The van der Waals surface area contributed by atoms with Crippen molar-refractivity contribution in [3.05, 3.63) is 0 Å². The summed E-state index contributed by atoms with van der Waals surface area (Å²) >= 11 is 0. The van der Waals surface area contributed by atoms with Gasteiger partial charge in [-0.15, -0.1) is 0 Å². The molecule has 0 spiro atoms. The predicted molar refractivity (Wildman–Crippen MR) is 85.3 cm³/mol. The fourth-order valence-corrected chi connectivity index (χ4v) is 2.54. The minimum atomic E-state index is 0.357. The van der Waals surface area contributed by atoms with Crippen LogP contribution >= 0.6 is 0 Å². The van der Waals surface area contributed by atoms with E-state index in [-0.39, 0.29) is 0 Å². The first kappa shape index (κ1) is 17.2. The minimum absolute atomic E-state index is 0.357. The van der Waals surface area contributed by atoms with Gasteiger partial charge >= 0.3 is 0 Å². The Morgan fingerprint density at radius 3 is 2.50 bits per heavy atom. The SMILES string of the molecule is CCCN=C(NCC)NCCCN1CC(C)OC(C)C1. The van der Waals surface area contributed by atoms with Gasteiger partial charge in [0.2, 0.25) is 0 Å². The molecule has 0 radical (unpaired) electrons. The second-order valence-electron chi connectivity index (χ2n) is 5.56. The summed E-state index contributed by atoms with van der Waals surface area (Å²) in [5, 5.41) is 6.67. The normalized spacial score (nSPS) is 24.7. The molecule has 0 saturated carbocycles. The average Bonchev–Trinajstić information content (AvgIpc) is 2.39. The molecule has 1 fully saturated rings. The fraction of sp³-hybridized carbons (Fsp3) is 0.933. The Bertz CT molecular complexity index is 273. The van der Waals surface area contributed by atoms with Crippen molar-refractivity contribution in [1.29, 1.82) is 0 Å². The van der Waals surface area contributed by atoms with Crippen LogP contribution in [0.4, 0.5) is 0 Å². The van der Waals surface area contributed by atoms with Gasteiger partial charge < -0.3 is 15.4 Å². The molecule has 0 aromatic heterocycles. The largest absolute Gasteiger partial charge is 0.373 e. The Kier molecular flexibility index (Phi) is 8.62. The van der Waals surface area contributed by atoms with Gasteiger partial charge in [-0.2, -0.15) is 0 Å². The van der Waals surface area contributed by atoms with Crippen molar-refractivity contribution in [2.75, 3.05) is 39.3 Å². The van der Waals surface area contributed by atoms with Gasteiger partial charge in [0, 0.05) is 39.3 Å². The van der Waals surface area contributed by atoms with Crippen LogP contribution in [0.1, 0.15) is 40.5 Å². The maximum absolute atomic E-state index is 5.75. The number of hydrogen-bond donors (Lipinski definition) is 2. The van der Waals surface area contributed by atoms with Gasteiger partial charge in [-0.1, -0.05) is 6.92 Å². The molecule has 2 atom stereocenters. The number of morpholine rings is 1. The highest BCUT2D eigenvalue weighted by atomic mass is 16.5. The number of guanidine groups is 1. The lowest BCUT2D eigenvalue weighted by Crippen LogP contribution is -2.46. The first-order valence-electron chi connectivity index (χ1n) is 8.05. The molecule has 2 unspecified atom stereocenters. The number of ether oxygens (including phenoxy) is 1. The molecule has 0 aromatic rings. The number of hydrogen-bond acceptors (Lipinski definition) is 3. The summed E-state index contributed by atoms with van der Waals surface area (Å²) < 4.78 is 5.75. The van der Waals surface area contributed by atoms with E-state index in [4.69, 9.17) is 4.74 Å². The van der Waals surface area contributed by atoms with E-state index < -0.39 is 0 Å². The summed E-state index contributed by atoms with van der Waals surface area (Å²) in [4.78, 5) is 7.00. The third-order valence-electron chi connectivity index (χ3n) is 3.28. The number of nitrogens with zero attached hydrogens (tertiary/aromatic N) is 2. The fourth-order valence-electron chi connectivity index (χ4n) is 2.54. The number of nitrogens with one attached hydrogen (secondary N) is 2. The number of aliphatic imine (C=N–C) groups is 1. The van der Waals surface area contributed by atoms with E-state index in [1.54, 1.807) is 0 Å². The van der Waals surface area contributed by atoms with Gasteiger partial charge in [0.25, 0.3) is 0 Å². The lowest BCUT2D eigenvalue weighted by Gasteiger charge is -2.35. The molecule has 118 valence electrons. The monoisotopic (exact) mass is 284 g/mol. The van der Waals surface area contributed by atoms with Crippen molar-refractivity contribution >= 4 is 5.96 Å². The van der Waals surface area contributed by atoms with Crippen LogP contribution in [0.3, 0.4) is 0 Å². The van der Waals surface area contributed by atoms with Crippen molar-refractivity contribution in [2.24, 2.45) is 4.99 Å². The molecule has 1 heterocycles. The molecule has 0 aliphatic carbocycles. The average molecular weight is 284 g/mol. The molecular weight excluding hydrogens is 252 g/mol. The highest BCUT2D eigenvalue weighted by Crippen LogP contribution is 2.10. The van der Waals surface area contributed by atoms with Crippen LogP contribution in [-0.4, -0.2) is 62.3 Å². The van der Waals surface area contributed by atoms with E-state index in [1.807, 2.05) is 0 Å². The topological polar surface area (TPSA) is 48.9 Å². The molecule has 2 N–H and O–H groups in total. The lowest BCUT2D eigenvalue weighted by atomic mass is 10.2. The minimum Gasteiger partial charge on any atom is -0.373 e. The Balaban J connectivity index is 2.19. The second kappa shape index (κ2) is 10.00. The smallest absolute Gasteiger partial charge is 0.191 e. The molecule has 1 aliphatic heterocycles. The molecule has 1 rings (SSSR count). The summed E-state index contributed by atoms with van der Waals surface area (Å²) in [7, 11) is 0. The van der Waals surface area contributed by atoms with Crippen LogP contribution in [0.2, 0.25) is 0 Å². The van der Waals surface area contributed by atoms with Crippen molar-refractivity contribution < 1.29 is 4.74 Å². The summed E-state index contributed by atoms with van der Waals surface area (Å²) in [6, 6.07) is 0. The molecule has 1 aliphatic rings. The molecule has 0 bridgehead atoms. The van der Waals surface area contributed by atoms with E-state index in [0.717, 1.165) is 58.1 Å². The zero-order valence-corrected chi connectivity index (χ0v) is 13.6. The van der Waals surface area contributed by atoms with Crippen molar-refractivity contribution in [2.45, 2.75) is 52.7 Å². The van der Waals surface area contributed by atoms with Crippen LogP contribution < -0.4 is 10.6 Å². The van der Waals surface area contributed by atoms with E-state index in [0.29, 0.717) is 12.2 Å². The summed E-state index contributed by atoms with van der Waals surface area (Å²) in [6.45, 7) is 14.5. The van der Waals surface area contributed by atoms with Crippen molar-refractivity contribution in [1.82, 2.24) is 15.5 Å². The Hall–Kier alpha value is -0.810. The first-order chi connectivity index (χ1) is 9.65. The Morgan fingerprint density at radius 1 is 1.20 bits per heavy atom. The van der Waals surface area contributed by atoms with Gasteiger partial charge in [0.15, 0.2) is 5.96 Å². The number of rotatable bonds is 7. The zero-order chi connectivity index (χ0) is 14.8. The summed E-state index contributed by atoms with van der Waals surface area (Å²) in [5.41, 5.74) is 0. The second-order valence-corrected chi connectivity index (χ2v) is 5.56. The molecule has 0 aromatic carbocycles. The van der Waals surface area contributed by atoms with Gasteiger partial charge in [-0.05, 0) is 33.6 Å².